The molecule has 4 heterocycles. The molecule has 2 aliphatic heterocycles. The van der Waals surface area contributed by atoms with Crippen LogP contribution in [-0.2, 0) is 23.3 Å². The van der Waals surface area contributed by atoms with Gasteiger partial charge in [-0.25, -0.2) is 14.6 Å². The maximum Gasteiger partial charge on any atom is 0.139 e. The summed E-state index contributed by atoms with van der Waals surface area (Å²) < 4.78 is 11.2. The van der Waals surface area contributed by atoms with E-state index in [1.807, 2.05) is 25.3 Å². The molecule has 3 aromatic rings. The highest BCUT2D eigenvalue weighted by Gasteiger charge is 2.42. The highest BCUT2D eigenvalue weighted by atomic mass is 16.6. The van der Waals surface area contributed by atoms with Crippen LogP contribution in [0.25, 0.3) is 11.0 Å². The van der Waals surface area contributed by atoms with Crippen LogP contribution in [0.2, 0.25) is 0 Å². The van der Waals surface area contributed by atoms with Gasteiger partial charge in [-0.3, -0.25) is 4.90 Å². The van der Waals surface area contributed by atoms with Crippen LogP contribution in [0.5, 0.6) is 0 Å². The normalized spacial score (nSPS) is 19.7. The molecule has 2 aromatic heterocycles. The van der Waals surface area contributed by atoms with Crippen LogP contribution < -0.4 is 0 Å². The van der Waals surface area contributed by atoms with Gasteiger partial charge in [-0.05, 0) is 53.7 Å². The van der Waals surface area contributed by atoms with E-state index in [1.54, 1.807) is 0 Å². The summed E-state index contributed by atoms with van der Waals surface area (Å²) in [6.07, 6.45) is 4.78. The Morgan fingerprint density at radius 3 is 2.96 bits per heavy atom. The molecule has 2 aliphatic rings. The molecule has 1 saturated heterocycles. The number of ether oxygens (including phenoxy) is 1. The Hall–Kier alpha value is -2.38. The summed E-state index contributed by atoms with van der Waals surface area (Å²) in [6.45, 7) is 5.47. The van der Waals surface area contributed by atoms with E-state index in [2.05, 4.69) is 26.3 Å². The molecule has 0 amide bonds. The van der Waals surface area contributed by atoms with Gasteiger partial charge in [-0.15, -0.1) is 0 Å². The Morgan fingerprint density at radius 2 is 2.08 bits per heavy atom. The minimum Gasteiger partial charge on any atom is -0.368 e. The molecule has 1 fully saturated rings. The number of aryl methyl sites for hydroxylation is 1. The van der Waals surface area contributed by atoms with Crippen LogP contribution in [0.3, 0.4) is 0 Å². The van der Waals surface area contributed by atoms with Crippen molar-refractivity contribution in [3.8, 4) is 0 Å². The van der Waals surface area contributed by atoms with E-state index in [1.165, 1.54) is 5.56 Å². The van der Waals surface area contributed by atoms with E-state index < -0.39 is 0 Å². The molecule has 26 heavy (non-hydrogen) atoms. The summed E-state index contributed by atoms with van der Waals surface area (Å²) in [5.74, 6) is 0.821. The fraction of sp³-hybridized carbons (Fsp3) is 0.474. The van der Waals surface area contributed by atoms with Crippen molar-refractivity contribution < 1.29 is 9.37 Å². The Bertz CT molecular complexity index is 946. The lowest BCUT2D eigenvalue weighted by molar-refractivity contribution is -0.102. The predicted octanol–water partition coefficient (Wildman–Crippen LogP) is 2.39. The first kappa shape index (κ1) is 15.8. The Morgan fingerprint density at radius 1 is 1.19 bits per heavy atom. The second kappa shape index (κ2) is 6.10. The van der Waals surface area contributed by atoms with Crippen LogP contribution in [0.15, 0.2) is 29.0 Å². The van der Waals surface area contributed by atoms with Gasteiger partial charge >= 0.3 is 0 Å². The highest BCUT2D eigenvalue weighted by molar-refractivity contribution is 5.76. The van der Waals surface area contributed by atoms with E-state index in [0.717, 1.165) is 73.6 Å². The zero-order valence-electron chi connectivity index (χ0n) is 14.8. The fourth-order valence-corrected chi connectivity index (χ4v) is 4.18. The van der Waals surface area contributed by atoms with Crippen LogP contribution >= 0.6 is 0 Å². The van der Waals surface area contributed by atoms with Crippen molar-refractivity contribution in [3.05, 3.63) is 47.0 Å². The molecular formula is C19H21N5O2. The van der Waals surface area contributed by atoms with E-state index >= 15 is 0 Å². The molecule has 0 bridgehead atoms. The quantitative estimate of drug-likeness (QED) is 0.701. The molecule has 1 spiro atoms. The van der Waals surface area contributed by atoms with Crippen LogP contribution in [0.1, 0.15) is 35.5 Å². The smallest absolute Gasteiger partial charge is 0.139 e. The first-order valence-electron chi connectivity index (χ1n) is 9.13. The lowest BCUT2D eigenvalue weighted by Crippen LogP contribution is -2.47. The Labute approximate surface area is 151 Å². The van der Waals surface area contributed by atoms with E-state index in [4.69, 9.17) is 14.3 Å². The summed E-state index contributed by atoms with van der Waals surface area (Å²) >= 11 is 0. The lowest BCUT2D eigenvalue weighted by Gasteiger charge is -2.44. The molecule has 0 N–H and O–H groups in total. The molecule has 5 rings (SSSR count). The number of rotatable bonds is 2. The minimum absolute atomic E-state index is 0.251. The van der Waals surface area contributed by atoms with Crippen molar-refractivity contribution in [3.63, 3.8) is 0 Å². The topological polar surface area (TPSA) is 77.2 Å². The summed E-state index contributed by atoms with van der Waals surface area (Å²) in [4.78, 5) is 11.6. The zero-order valence-corrected chi connectivity index (χ0v) is 14.8. The van der Waals surface area contributed by atoms with Crippen LogP contribution in [0.4, 0.5) is 0 Å². The number of hydrogen-bond donors (Lipinski definition) is 0. The molecule has 0 atom stereocenters. The SMILES string of the molecule is Cc1ncc2c(n1)C1(CCN(Cc3cccc4nonc34)CC1)OCC2. The molecule has 7 heteroatoms. The van der Waals surface area contributed by atoms with Crippen LogP contribution in [0, 0.1) is 6.92 Å². The lowest BCUT2D eigenvalue weighted by atomic mass is 9.83. The number of hydrogen-bond acceptors (Lipinski definition) is 7. The molecule has 7 nitrogen and oxygen atoms in total. The number of nitrogens with zero attached hydrogens (tertiary/aromatic N) is 5. The molecule has 0 radical (unpaired) electrons. The zero-order chi connectivity index (χ0) is 17.6. The van der Waals surface area contributed by atoms with E-state index in [9.17, 15) is 0 Å². The van der Waals surface area contributed by atoms with Gasteiger partial charge in [0.15, 0.2) is 0 Å². The molecule has 134 valence electrons. The molecule has 0 unspecified atom stereocenters. The van der Waals surface area contributed by atoms with Crippen molar-refractivity contribution in [1.82, 2.24) is 25.2 Å². The number of likely N-dealkylation sites (tertiary alicyclic amines) is 1. The number of benzene rings is 1. The van der Waals surface area contributed by atoms with Crippen molar-refractivity contribution >= 4 is 11.0 Å². The Balaban J connectivity index is 1.36. The standard InChI is InChI=1S/C19H21N5O2/c1-13-20-11-14-5-10-25-19(18(14)21-13)6-8-24(9-7-19)12-15-3-2-4-16-17(15)23-26-22-16/h2-4,11H,5-10,12H2,1H3. The van der Waals surface area contributed by atoms with Crippen molar-refractivity contribution in [1.29, 1.82) is 0 Å². The maximum atomic E-state index is 6.29. The Kier molecular flexibility index (Phi) is 3.72. The minimum atomic E-state index is -0.251. The molecule has 0 saturated carbocycles. The summed E-state index contributed by atoms with van der Waals surface area (Å²) in [5, 5.41) is 7.99. The second-order valence-corrected chi connectivity index (χ2v) is 7.21. The van der Waals surface area contributed by atoms with Gasteiger partial charge in [0.2, 0.25) is 0 Å². The number of aromatic nitrogens is 4. The third-order valence-electron chi connectivity index (χ3n) is 5.59. The van der Waals surface area contributed by atoms with Gasteiger partial charge in [-0.2, -0.15) is 0 Å². The van der Waals surface area contributed by atoms with Gasteiger partial charge in [0.25, 0.3) is 0 Å². The maximum absolute atomic E-state index is 6.29. The molecule has 0 aliphatic carbocycles. The second-order valence-electron chi connectivity index (χ2n) is 7.21. The van der Waals surface area contributed by atoms with Crippen molar-refractivity contribution in [2.45, 2.75) is 38.3 Å². The monoisotopic (exact) mass is 351 g/mol. The van der Waals surface area contributed by atoms with Gasteiger partial charge in [0.05, 0.1) is 12.3 Å². The van der Waals surface area contributed by atoms with Crippen molar-refractivity contribution in [2.24, 2.45) is 0 Å². The van der Waals surface area contributed by atoms with E-state index in [0.29, 0.717) is 0 Å². The first-order valence-corrected chi connectivity index (χ1v) is 9.13. The van der Waals surface area contributed by atoms with E-state index in [-0.39, 0.29) is 5.60 Å². The largest absolute Gasteiger partial charge is 0.368 e. The third kappa shape index (κ3) is 2.59. The summed E-state index contributed by atoms with van der Waals surface area (Å²) in [7, 11) is 0. The average molecular weight is 351 g/mol. The fourth-order valence-electron chi connectivity index (χ4n) is 4.18. The predicted molar refractivity (Wildman–Crippen MR) is 94.4 cm³/mol. The third-order valence-corrected chi connectivity index (χ3v) is 5.59. The van der Waals surface area contributed by atoms with Gasteiger partial charge in [0, 0.05) is 25.8 Å². The first-order chi connectivity index (χ1) is 12.7. The number of fused-ring (bicyclic) bond motifs is 3. The van der Waals surface area contributed by atoms with Crippen LogP contribution in [-0.4, -0.2) is 44.9 Å². The van der Waals surface area contributed by atoms with Gasteiger partial charge in [-0.1, -0.05) is 12.1 Å². The molecule has 1 aromatic carbocycles. The van der Waals surface area contributed by atoms with Gasteiger partial charge < -0.3 is 4.74 Å². The summed E-state index contributed by atoms with van der Waals surface area (Å²) in [5.41, 5.74) is 4.93. The van der Waals surface area contributed by atoms with Gasteiger partial charge in [0.1, 0.15) is 22.5 Å². The highest BCUT2D eigenvalue weighted by Crippen LogP contribution is 2.40. The number of piperidine rings is 1. The summed E-state index contributed by atoms with van der Waals surface area (Å²) in [6, 6.07) is 6.03. The molecular weight excluding hydrogens is 330 g/mol. The van der Waals surface area contributed by atoms with Crippen molar-refractivity contribution in [2.75, 3.05) is 19.7 Å². The average Bonchev–Trinajstić information content (AvgIpc) is 3.14.